The lowest BCUT2D eigenvalue weighted by Gasteiger charge is -2.52. The Morgan fingerprint density at radius 1 is 1.30 bits per heavy atom. The number of benzene rings is 1. The van der Waals surface area contributed by atoms with Crippen molar-refractivity contribution in [2.24, 2.45) is 5.92 Å². The summed E-state index contributed by atoms with van der Waals surface area (Å²) in [5.74, 6) is 0.863. The third-order valence-electron chi connectivity index (χ3n) is 5.99. The molecule has 4 nitrogen and oxygen atoms in total. The number of nitrogens with one attached hydrogen (secondary N) is 1. The zero-order valence-corrected chi connectivity index (χ0v) is 13.6. The average Bonchev–Trinajstić information content (AvgIpc) is 3.21. The Hall–Kier alpha value is -1.52. The molecule has 1 atom stereocenters. The number of halogens is 1. The van der Waals surface area contributed by atoms with Gasteiger partial charge in [0, 0.05) is 10.9 Å². The molecule has 1 saturated carbocycles. The fourth-order valence-electron chi connectivity index (χ4n) is 4.67. The normalized spacial score (nSPS) is 30.7. The number of hydrogen-bond acceptors (Lipinski definition) is 3. The van der Waals surface area contributed by atoms with Gasteiger partial charge in [-0.1, -0.05) is 23.7 Å². The monoisotopic (exact) mass is 330 g/mol. The summed E-state index contributed by atoms with van der Waals surface area (Å²) in [6.07, 6.45) is 4.80. The van der Waals surface area contributed by atoms with Crippen molar-refractivity contribution in [2.75, 3.05) is 13.1 Å². The van der Waals surface area contributed by atoms with E-state index in [9.17, 15) is 4.79 Å². The molecule has 2 bridgehead atoms. The van der Waals surface area contributed by atoms with E-state index in [2.05, 4.69) is 10.2 Å². The Kier molecular flexibility index (Phi) is 2.86. The minimum atomic E-state index is -0.109. The van der Waals surface area contributed by atoms with E-state index in [4.69, 9.17) is 16.0 Å². The highest BCUT2D eigenvalue weighted by Gasteiger charge is 2.60. The molecule has 1 aliphatic carbocycles. The van der Waals surface area contributed by atoms with Gasteiger partial charge in [0.1, 0.15) is 0 Å². The van der Waals surface area contributed by atoms with Crippen molar-refractivity contribution in [3.05, 3.63) is 35.0 Å². The van der Waals surface area contributed by atoms with Gasteiger partial charge in [-0.25, -0.2) is 0 Å². The van der Waals surface area contributed by atoms with Crippen molar-refractivity contribution in [1.82, 2.24) is 10.2 Å². The minimum Gasteiger partial charge on any atom is -0.449 e. The maximum absolute atomic E-state index is 12.7. The van der Waals surface area contributed by atoms with Crippen LogP contribution in [0, 0.1) is 5.92 Å². The van der Waals surface area contributed by atoms with E-state index in [-0.39, 0.29) is 17.5 Å². The van der Waals surface area contributed by atoms with Crippen LogP contribution in [0.5, 0.6) is 0 Å². The molecule has 1 amide bonds. The lowest BCUT2D eigenvalue weighted by molar-refractivity contribution is -0.00182. The second kappa shape index (κ2) is 4.74. The van der Waals surface area contributed by atoms with Crippen molar-refractivity contribution in [3.63, 3.8) is 0 Å². The molecule has 1 spiro atoms. The van der Waals surface area contributed by atoms with Crippen LogP contribution in [0.4, 0.5) is 0 Å². The molecule has 1 N–H and O–H groups in total. The fourth-order valence-corrected chi connectivity index (χ4v) is 4.89. The van der Waals surface area contributed by atoms with Crippen molar-refractivity contribution >= 4 is 28.5 Å². The number of nitrogens with zero attached hydrogens (tertiary/aromatic N) is 1. The Morgan fingerprint density at radius 2 is 2.09 bits per heavy atom. The van der Waals surface area contributed by atoms with Crippen molar-refractivity contribution in [1.29, 1.82) is 0 Å². The number of furan rings is 1. The summed E-state index contributed by atoms with van der Waals surface area (Å²) in [7, 11) is 0. The molecule has 3 saturated heterocycles. The zero-order chi connectivity index (χ0) is 15.6. The highest BCUT2D eigenvalue weighted by Crippen LogP contribution is 2.53. The smallest absolute Gasteiger partial charge is 0.287 e. The van der Waals surface area contributed by atoms with Crippen molar-refractivity contribution in [3.8, 4) is 0 Å². The third kappa shape index (κ3) is 1.98. The minimum absolute atomic E-state index is 0.109. The number of para-hydroxylation sites is 1. The molecule has 6 rings (SSSR count). The molecule has 4 fully saturated rings. The van der Waals surface area contributed by atoms with Gasteiger partial charge in [0.25, 0.3) is 5.91 Å². The summed E-state index contributed by atoms with van der Waals surface area (Å²) in [5.41, 5.74) is 0.829. The summed E-state index contributed by atoms with van der Waals surface area (Å²) in [4.78, 5) is 15.3. The van der Waals surface area contributed by atoms with Gasteiger partial charge in [0.05, 0.1) is 11.1 Å². The summed E-state index contributed by atoms with van der Waals surface area (Å²) in [5, 5.41) is 4.70. The van der Waals surface area contributed by atoms with Crippen LogP contribution in [-0.4, -0.2) is 35.5 Å². The maximum Gasteiger partial charge on any atom is 0.287 e. The van der Waals surface area contributed by atoms with Gasteiger partial charge in [-0.05, 0) is 56.8 Å². The molecular weight excluding hydrogens is 312 g/mol. The van der Waals surface area contributed by atoms with Crippen LogP contribution < -0.4 is 5.32 Å². The van der Waals surface area contributed by atoms with Gasteiger partial charge < -0.3 is 9.73 Å². The summed E-state index contributed by atoms with van der Waals surface area (Å²) in [6, 6.07) is 7.62. The van der Waals surface area contributed by atoms with E-state index in [1.54, 1.807) is 12.1 Å². The lowest BCUT2D eigenvalue weighted by atomic mass is 9.77. The van der Waals surface area contributed by atoms with E-state index >= 15 is 0 Å². The molecule has 0 radical (unpaired) electrons. The van der Waals surface area contributed by atoms with E-state index in [1.165, 1.54) is 38.8 Å². The Bertz CT molecular complexity index is 787. The zero-order valence-electron chi connectivity index (χ0n) is 12.8. The first kappa shape index (κ1) is 13.9. The standard InChI is InChI=1S/C18H19ClN2O2/c19-13-3-1-2-12-10-14(23-15(12)13)17(22)20-16-11-4-8-21(9-5-11)18(16)6-7-18/h1-3,10-11,16H,4-9H2,(H,20,22)/t16-/m0/s1. The molecule has 4 aliphatic rings. The van der Waals surface area contributed by atoms with Gasteiger partial charge >= 0.3 is 0 Å². The number of hydrogen-bond donors (Lipinski definition) is 1. The predicted octanol–water partition coefficient (Wildman–Crippen LogP) is 3.44. The van der Waals surface area contributed by atoms with Gasteiger partial charge in [-0.15, -0.1) is 0 Å². The maximum atomic E-state index is 12.7. The topological polar surface area (TPSA) is 45.5 Å². The Labute approximate surface area is 139 Å². The van der Waals surface area contributed by atoms with Crippen LogP contribution in [0.2, 0.25) is 5.02 Å². The van der Waals surface area contributed by atoms with E-state index < -0.39 is 0 Å². The number of fused-ring (bicyclic) bond motifs is 3. The largest absolute Gasteiger partial charge is 0.449 e. The molecule has 2 aromatic rings. The van der Waals surface area contributed by atoms with E-state index in [0.717, 1.165) is 5.39 Å². The van der Waals surface area contributed by atoms with Crippen LogP contribution in [0.25, 0.3) is 11.0 Å². The van der Waals surface area contributed by atoms with Gasteiger partial charge in [0.2, 0.25) is 0 Å². The molecule has 5 heteroatoms. The first-order valence-electron chi connectivity index (χ1n) is 8.41. The quantitative estimate of drug-likeness (QED) is 0.917. The highest BCUT2D eigenvalue weighted by molar-refractivity contribution is 6.34. The number of piperidine rings is 3. The van der Waals surface area contributed by atoms with Crippen LogP contribution in [0.1, 0.15) is 36.2 Å². The number of rotatable bonds is 2. The summed E-state index contributed by atoms with van der Waals surface area (Å²) >= 11 is 6.14. The van der Waals surface area contributed by atoms with E-state index in [1.807, 2.05) is 12.1 Å². The van der Waals surface area contributed by atoms with Crippen LogP contribution in [0.15, 0.2) is 28.7 Å². The first-order chi connectivity index (χ1) is 11.2. The van der Waals surface area contributed by atoms with Gasteiger partial charge in [0.15, 0.2) is 11.3 Å². The highest BCUT2D eigenvalue weighted by atomic mass is 35.5. The second-order valence-corrected chi connectivity index (χ2v) is 7.56. The molecule has 120 valence electrons. The van der Waals surface area contributed by atoms with Crippen molar-refractivity contribution in [2.45, 2.75) is 37.3 Å². The third-order valence-corrected chi connectivity index (χ3v) is 6.29. The van der Waals surface area contributed by atoms with Crippen LogP contribution in [0.3, 0.4) is 0 Å². The summed E-state index contributed by atoms with van der Waals surface area (Å²) < 4.78 is 5.71. The Balaban J connectivity index is 1.43. The van der Waals surface area contributed by atoms with Crippen LogP contribution >= 0.6 is 11.6 Å². The fraction of sp³-hybridized carbons (Fsp3) is 0.500. The molecule has 4 heterocycles. The van der Waals surface area contributed by atoms with Crippen LogP contribution in [-0.2, 0) is 0 Å². The lowest BCUT2D eigenvalue weighted by Crippen LogP contribution is -2.65. The van der Waals surface area contributed by atoms with Gasteiger partial charge in [-0.2, -0.15) is 0 Å². The summed E-state index contributed by atoms with van der Waals surface area (Å²) in [6.45, 7) is 2.38. The SMILES string of the molecule is O=C(N[C@H]1C2CCN(CC2)C12CC2)c1cc2cccc(Cl)c2o1. The first-order valence-corrected chi connectivity index (χ1v) is 8.79. The molecule has 23 heavy (non-hydrogen) atoms. The molecule has 1 aromatic carbocycles. The molecule has 3 aliphatic heterocycles. The molecular formula is C18H19ClN2O2. The van der Waals surface area contributed by atoms with Gasteiger partial charge in [-0.3, -0.25) is 9.69 Å². The Morgan fingerprint density at radius 3 is 2.78 bits per heavy atom. The number of amides is 1. The number of carbonyl (C=O) groups excluding carboxylic acids is 1. The molecule has 0 unspecified atom stereocenters. The van der Waals surface area contributed by atoms with E-state index in [0.29, 0.717) is 22.3 Å². The number of carbonyl (C=O) groups is 1. The average molecular weight is 331 g/mol. The van der Waals surface area contributed by atoms with Crippen molar-refractivity contribution < 1.29 is 9.21 Å². The predicted molar refractivity (Wildman–Crippen MR) is 88.7 cm³/mol. The molecule has 1 aromatic heterocycles. The second-order valence-electron chi connectivity index (χ2n) is 7.15.